The second-order valence-corrected chi connectivity index (χ2v) is 10.7. The summed E-state index contributed by atoms with van der Waals surface area (Å²) in [7, 11) is 0. The largest absolute Gasteiger partial charge is 0.366 e. The number of carbonyl (C=O) groups is 3. The Kier molecular flexibility index (Phi) is 7.48. The highest BCUT2D eigenvalue weighted by atomic mass is 16.2. The van der Waals surface area contributed by atoms with Crippen LogP contribution in [0.4, 0.5) is 0 Å². The van der Waals surface area contributed by atoms with Gasteiger partial charge in [-0.3, -0.25) is 19.3 Å². The fourth-order valence-corrected chi connectivity index (χ4v) is 5.96. The van der Waals surface area contributed by atoms with Crippen LogP contribution in [0.3, 0.4) is 0 Å². The molecular weight excluding hydrogens is 514 g/mol. The minimum Gasteiger partial charge on any atom is -0.366 e. The topological polar surface area (TPSA) is 99.8 Å². The van der Waals surface area contributed by atoms with Gasteiger partial charge in [-0.05, 0) is 49.2 Å². The van der Waals surface area contributed by atoms with Crippen LogP contribution in [0.25, 0.3) is 22.2 Å². The quantitative estimate of drug-likeness (QED) is 0.406. The van der Waals surface area contributed by atoms with Crippen molar-refractivity contribution in [2.24, 2.45) is 5.73 Å². The first-order valence-corrected chi connectivity index (χ1v) is 14.2. The number of piperazine rings is 1. The number of nitrogens with two attached hydrogens (primary N) is 1. The van der Waals surface area contributed by atoms with Gasteiger partial charge in [-0.2, -0.15) is 0 Å². The van der Waals surface area contributed by atoms with Gasteiger partial charge in [0, 0.05) is 67.4 Å². The lowest BCUT2D eigenvalue weighted by atomic mass is 10.0. The van der Waals surface area contributed by atoms with Crippen LogP contribution in [-0.4, -0.2) is 82.7 Å². The van der Waals surface area contributed by atoms with E-state index >= 15 is 0 Å². The lowest BCUT2D eigenvalue weighted by Gasteiger charge is -2.42. The van der Waals surface area contributed by atoms with Crippen molar-refractivity contribution in [3.05, 3.63) is 102 Å². The lowest BCUT2D eigenvalue weighted by Crippen LogP contribution is -2.54. The number of fused-ring (bicyclic) bond motifs is 1. The maximum Gasteiger partial charge on any atom is 0.254 e. The van der Waals surface area contributed by atoms with Crippen molar-refractivity contribution < 1.29 is 14.4 Å². The van der Waals surface area contributed by atoms with Crippen molar-refractivity contribution in [3.8, 4) is 11.3 Å². The summed E-state index contributed by atoms with van der Waals surface area (Å²) in [5, 5.41) is 0.827. The maximum absolute atomic E-state index is 13.9. The van der Waals surface area contributed by atoms with Gasteiger partial charge in [0.1, 0.15) is 0 Å². The van der Waals surface area contributed by atoms with E-state index < -0.39 is 5.91 Å². The summed E-state index contributed by atoms with van der Waals surface area (Å²) in [5.74, 6) is -0.377. The van der Waals surface area contributed by atoms with E-state index in [0.29, 0.717) is 36.0 Å². The number of pyridine rings is 1. The molecule has 41 heavy (non-hydrogen) atoms. The molecule has 0 atom stereocenters. The van der Waals surface area contributed by atoms with Crippen LogP contribution in [0.5, 0.6) is 0 Å². The molecule has 0 aliphatic carbocycles. The standard InChI is InChI=1S/C33H33N5O3/c34-31(39)24-12-10-23(11-13-24)30-22-28(27-8-4-5-9-29(27)35-30)33(41)38-20-18-36(19-21-38)26-14-16-37(17-15-26)32(40)25-6-2-1-3-7-25/h1-13,22,26H,14-21H2,(H2,34,39). The molecule has 1 aromatic heterocycles. The monoisotopic (exact) mass is 547 g/mol. The second kappa shape index (κ2) is 11.5. The van der Waals surface area contributed by atoms with Crippen LogP contribution in [-0.2, 0) is 0 Å². The molecule has 2 aliphatic rings. The van der Waals surface area contributed by atoms with Crippen molar-refractivity contribution in [1.29, 1.82) is 0 Å². The third-order valence-corrected chi connectivity index (χ3v) is 8.30. The van der Waals surface area contributed by atoms with Crippen LogP contribution >= 0.6 is 0 Å². The molecule has 2 N–H and O–H groups in total. The molecule has 3 amide bonds. The fraction of sp³-hybridized carbons (Fsp3) is 0.273. The van der Waals surface area contributed by atoms with Gasteiger partial charge >= 0.3 is 0 Å². The summed E-state index contributed by atoms with van der Waals surface area (Å²) in [5.41, 5.74) is 9.45. The number of nitrogens with zero attached hydrogens (tertiary/aromatic N) is 4. The predicted octanol–water partition coefficient (Wildman–Crippen LogP) is 4.06. The number of primary amides is 1. The first-order chi connectivity index (χ1) is 20.0. The van der Waals surface area contributed by atoms with Crippen LogP contribution in [0.1, 0.15) is 43.9 Å². The van der Waals surface area contributed by atoms with Gasteiger partial charge in [0.2, 0.25) is 5.91 Å². The molecule has 2 saturated heterocycles. The minimum atomic E-state index is -0.482. The summed E-state index contributed by atoms with van der Waals surface area (Å²) in [6.07, 6.45) is 1.89. The van der Waals surface area contributed by atoms with Crippen molar-refractivity contribution in [1.82, 2.24) is 19.7 Å². The number of carbonyl (C=O) groups excluding carboxylic acids is 3. The Balaban J connectivity index is 1.12. The Morgan fingerprint density at radius 1 is 0.683 bits per heavy atom. The van der Waals surface area contributed by atoms with Crippen molar-refractivity contribution in [3.63, 3.8) is 0 Å². The molecule has 0 bridgehead atoms. The molecule has 8 heteroatoms. The number of amides is 3. The Bertz CT molecular complexity index is 1570. The molecule has 0 unspecified atom stereocenters. The highest BCUT2D eigenvalue weighted by molar-refractivity contribution is 6.07. The van der Waals surface area contributed by atoms with E-state index in [1.165, 1.54) is 0 Å². The first kappa shape index (κ1) is 26.7. The molecule has 3 heterocycles. The Morgan fingerprint density at radius 2 is 1.32 bits per heavy atom. The minimum absolute atomic E-state index is 0.00142. The normalized spacial score (nSPS) is 16.6. The van der Waals surface area contributed by atoms with Crippen molar-refractivity contribution in [2.45, 2.75) is 18.9 Å². The van der Waals surface area contributed by atoms with Crippen molar-refractivity contribution >= 4 is 28.6 Å². The third kappa shape index (κ3) is 5.56. The zero-order chi connectivity index (χ0) is 28.3. The molecule has 208 valence electrons. The van der Waals surface area contributed by atoms with E-state index in [0.717, 1.165) is 61.1 Å². The summed E-state index contributed by atoms with van der Waals surface area (Å²) in [6, 6.07) is 26.4. The van der Waals surface area contributed by atoms with Crippen LogP contribution in [0, 0.1) is 0 Å². The number of hydrogen-bond donors (Lipinski definition) is 1. The van der Waals surface area contributed by atoms with Gasteiger partial charge in [-0.25, -0.2) is 4.98 Å². The highest BCUT2D eigenvalue weighted by Crippen LogP contribution is 2.27. The molecular formula is C33H33N5O3. The van der Waals surface area contributed by atoms with E-state index in [4.69, 9.17) is 10.7 Å². The number of likely N-dealkylation sites (tertiary alicyclic amines) is 1. The van der Waals surface area contributed by atoms with E-state index in [9.17, 15) is 14.4 Å². The zero-order valence-corrected chi connectivity index (χ0v) is 22.9. The first-order valence-electron chi connectivity index (χ1n) is 14.2. The molecule has 0 spiro atoms. The molecule has 0 radical (unpaired) electrons. The number of hydrogen-bond acceptors (Lipinski definition) is 5. The van der Waals surface area contributed by atoms with Gasteiger partial charge in [0.25, 0.3) is 11.8 Å². The number of aromatic nitrogens is 1. The van der Waals surface area contributed by atoms with Crippen LogP contribution in [0.15, 0.2) is 84.9 Å². The van der Waals surface area contributed by atoms with E-state index in [2.05, 4.69) is 4.90 Å². The molecule has 2 aliphatic heterocycles. The smallest absolute Gasteiger partial charge is 0.254 e. The molecule has 8 nitrogen and oxygen atoms in total. The number of piperidine rings is 1. The van der Waals surface area contributed by atoms with E-state index in [-0.39, 0.29) is 11.8 Å². The summed E-state index contributed by atoms with van der Waals surface area (Å²) >= 11 is 0. The molecule has 2 fully saturated rings. The molecule has 6 rings (SSSR count). The Morgan fingerprint density at radius 3 is 2.00 bits per heavy atom. The summed E-state index contributed by atoms with van der Waals surface area (Å²) in [6.45, 7) is 4.44. The zero-order valence-electron chi connectivity index (χ0n) is 22.9. The lowest BCUT2D eigenvalue weighted by molar-refractivity contribution is 0.0413. The number of benzene rings is 3. The van der Waals surface area contributed by atoms with Gasteiger partial charge in [0.05, 0.1) is 16.8 Å². The van der Waals surface area contributed by atoms with Crippen molar-refractivity contribution in [2.75, 3.05) is 39.3 Å². The molecule has 3 aromatic carbocycles. The number of para-hydroxylation sites is 1. The average molecular weight is 548 g/mol. The van der Waals surface area contributed by atoms with Gasteiger partial charge in [0.15, 0.2) is 0 Å². The summed E-state index contributed by atoms with van der Waals surface area (Å²) in [4.78, 5) is 49.3. The van der Waals surface area contributed by atoms with E-state index in [1.54, 1.807) is 12.1 Å². The Hall–Kier alpha value is -4.56. The fourth-order valence-electron chi connectivity index (χ4n) is 5.96. The summed E-state index contributed by atoms with van der Waals surface area (Å²) < 4.78 is 0. The SMILES string of the molecule is NC(=O)c1ccc(-c2cc(C(=O)N3CCN(C4CCN(C(=O)c5ccccc5)CC4)CC3)c3ccccc3n2)cc1. The maximum atomic E-state index is 13.9. The highest BCUT2D eigenvalue weighted by Gasteiger charge is 2.31. The van der Waals surface area contributed by atoms with Gasteiger partial charge in [-0.15, -0.1) is 0 Å². The molecule has 0 saturated carbocycles. The van der Waals surface area contributed by atoms with Gasteiger partial charge in [-0.1, -0.05) is 48.5 Å². The van der Waals surface area contributed by atoms with E-state index in [1.807, 2.05) is 82.6 Å². The predicted molar refractivity (Wildman–Crippen MR) is 159 cm³/mol. The van der Waals surface area contributed by atoms with Crippen LogP contribution in [0.2, 0.25) is 0 Å². The second-order valence-electron chi connectivity index (χ2n) is 10.7. The Labute approximate surface area is 239 Å². The van der Waals surface area contributed by atoms with Gasteiger partial charge < -0.3 is 15.5 Å². The van der Waals surface area contributed by atoms with Crippen LogP contribution < -0.4 is 5.73 Å². The third-order valence-electron chi connectivity index (χ3n) is 8.30. The number of rotatable bonds is 5. The average Bonchev–Trinajstić information content (AvgIpc) is 3.04. The molecule has 4 aromatic rings.